The van der Waals surface area contributed by atoms with Crippen LogP contribution in [0, 0.1) is 92.5 Å². The first-order valence-corrected chi connectivity index (χ1v) is 34.3. The first kappa shape index (κ1) is 83.8. The third kappa shape index (κ3) is 29.4. The summed E-state index contributed by atoms with van der Waals surface area (Å²) >= 11 is 64.3. The number of rotatable bonds is 0. The maximum atomic E-state index is 12.8. The summed E-state index contributed by atoms with van der Waals surface area (Å²) < 4.78 is 134. The van der Waals surface area contributed by atoms with Gasteiger partial charge in [-0.05, 0) is 270 Å². The molecule has 86 heavy (non-hydrogen) atoms. The lowest BCUT2D eigenvalue weighted by Gasteiger charge is -2.18. The number of aryl methyl sites for hydroxylation is 9. The molecule has 0 saturated carbocycles. The Morgan fingerprint density at radius 2 is 0.616 bits per heavy atom. The summed E-state index contributed by atoms with van der Waals surface area (Å²) in [6.45, 7) is 18.3. The highest BCUT2D eigenvalue weighted by Gasteiger charge is 2.44. The Kier molecular flexibility index (Phi) is 37.9. The Hall–Kier alpha value is -0.210. The topological polar surface area (TPSA) is 0 Å². The maximum Gasteiger partial charge on any atom is 0.417 e. The molecule has 0 unspecified atom stereocenters. The highest BCUT2D eigenvalue weighted by Crippen LogP contribution is 2.43. The van der Waals surface area contributed by atoms with E-state index in [9.17, 15) is 43.9 Å². The van der Waals surface area contributed by atoms with E-state index in [1.165, 1.54) is 51.8 Å². The van der Waals surface area contributed by atoms with Crippen LogP contribution in [0.4, 0.5) is 43.9 Å². The van der Waals surface area contributed by atoms with Gasteiger partial charge in [0.1, 0.15) is 11.6 Å². The fraction of sp³-hybridized carbons (Fsp3) is 0.200. The second kappa shape index (κ2) is 38.8. The quantitative estimate of drug-likeness (QED) is 0.105. The first-order chi connectivity index (χ1) is 39.3. The van der Waals surface area contributed by atoms with E-state index in [2.05, 4.69) is 221 Å². The molecule has 0 aliphatic carbocycles. The summed E-state index contributed by atoms with van der Waals surface area (Å²) in [5.41, 5.74) is 5.28. The Balaban J connectivity index is 0.000000494. The minimum Gasteiger partial charge on any atom is -0.205 e. The summed E-state index contributed by atoms with van der Waals surface area (Å²) in [4.78, 5) is 0. The molecule has 0 amide bonds. The fourth-order valence-corrected chi connectivity index (χ4v) is 13.8. The Labute approximate surface area is 612 Å². The third-order valence-corrected chi connectivity index (χ3v) is 19.9. The largest absolute Gasteiger partial charge is 0.417 e. The Bertz CT molecular complexity index is 2910. The van der Waals surface area contributed by atoms with Crippen LogP contribution in [0.2, 0.25) is 25.1 Å². The van der Waals surface area contributed by atoms with Gasteiger partial charge in [0.05, 0.1) is 36.2 Å². The molecule has 0 radical (unpaired) electrons. The summed E-state index contributed by atoms with van der Waals surface area (Å²) in [6, 6.07) is 26.3. The van der Waals surface area contributed by atoms with Crippen molar-refractivity contribution in [1.29, 1.82) is 0 Å². The molecule has 0 nitrogen and oxygen atoms in total. The van der Waals surface area contributed by atoms with Crippen LogP contribution in [0.3, 0.4) is 0 Å². The number of alkyl halides is 6. The lowest BCUT2D eigenvalue weighted by molar-refractivity contribution is -0.162. The summed E-state index contributed by atoms with van der Waals surface area (Å²) in [6.07, 6.45) is -10.0. The molecule has 8 rings (SSSR count). The predicted molar refractivity (Wildman–Crippen MR) is 378 cm³/mol. The minimum absolute atomic E-state index is 0.0367. The van der Waals surface area contributed by atoms with Crippen LogP contribution in [0.1, 0.15) is 66.8 Å². The van der Waals surface area contributed by atoms with Crippen LogP contribution in [0.25, 0.3) is 0 Å². The Morgan fingerprint density at radius 1 is 0.291 bits per heavy atom. The van der Waals surface area contributed by atoms with Crippen molar-refractivity contribution in [3.63, 3.8) is 0 Å². The molecule has 0 saturated heterocycles. The van der Waals surface area contributed by atoms with Crippen molar-refractivity contribution in [3.8, 4) is 0 Å². The smallest absolute Gasteiger partial charge is 0.205 e. The normalized spacial score (nSPS) is 10.6. The number of hydrogen-bond donors (Lipinski definition) is 0. The number of halogens is 26. The van der Waals surface area contributed by atoms with Crippen molar-refractivity contribution < 1.29 is 43.9 Å². The zero-order valence-electron chi connectivity index (χ0n) is 46.1. The molecule has 0 spiro atoms. The number of hydrogen-bond acceptors (Lipinski definition) is 0. The second-order valence-electron chi connectivity index (χ2n) is 17.9. The second-order valence-corrected chi connectivity index (χ2v) is 29.7. The maximum absolute atomic E-state index is 12.8. The molecule has 0 aliphatic rings. The molecule has 0 N–H and O–H groups in total. The highest BCUT2D eigenvalue weighted by molar-refractivity contribution is 9.13. The van der Waals surface area contributed by atoms with Gasteiger partial charge in [0, 0.05) is 49.2 Å². The van der Waals surface area contributed by atoms with E-state index < -0.39 is 40.7 Å². The molecule has 8 aromatic carbocycles. The van der Waals surface area contributed by atoms with Crippen molar-refractivity contribution in [2.45, 2.75) is 81.6 Å². The van der Waals surface area contributed by atoms with Crippen LogP contribution in [0.15, 0.2) is 146 Å². The van der Waals surface area contributed by atoms with E-state index in [0.29, 0.717) is 36.2 Å². The number of benzene rings is 8. The van der Waals surface area contributed by atoms with Crippen molar-refractivity contribution >= 4 is 233 Å². The van der Waals surface area contributed by atoms with E-state index in [1.807, 2.05) is 38.1 Å². The average Bonchev–Trinajstić information content (AvgIpc) is 3.02. The van der Waals surface area contributed by atoms with E-state index in [1.54, 1.807) is 32.0 Å². The van der Waals surface area contributed by atoms with E-state index in [-0.39, 0.29) is 26.2 Å². The van der Waals surface area contributed by atoms with Crippen molar-refractivity contribution in [2.75, 3.05) is 0 Å². The van der Waals surface area contributed by atoms with Gasteiger partial charge in [-0.15, -0.1) is 0 Å². The monoisotopic (exact) mass is 2000 g/mol. The van der Waals surface area contributed by atoms with Gasteiger partial charge in [-0.1, -0.05) is 185 Å². The van der Waals surface area contributed by atoms with Gasteiger partial charge in [0.25, 0.3) is 0 Å². The van der Waals surface area contributed by atoms with Gasteiger partial charge < -0.3 is 0 Å². The van der Waals surface area contributed by atoms with Gasteiger partial charge in [-0.3, -0.25) is 0 Å². The van der Waals surface area contributed by atoms with Gasteiger partial charge in [0.15, 0.2) is 11.6 Å². The van der Waals surface area contributed by atoms with Crippen molar-refractivity contribution in [1.82, 2.24) is 0 Å². The van der Waals surface area contributed by atoms with E-state index in [0.717, 1.165) is 72.1 Å². The zero-order valence-corrected chi connectivity index (χ0v) is 67.3. The average molecular weight is 2010 g/mol. The lowest BCUT2D eigenvalue weighted by Crippen LogP contribution is -2.18. The highest BCUT2D eigenvalue weighted by atomic mass is 79.9. The van der Waals surface area contributed by atoms with Crippen LogP contribution in [-0.2, 0) is 12.4 Å². The van der Waals surface area contributed by atoms with Gasteiger partial charge in [-0.25, -0.2) is 17.6 Å². The lowest BCUT2D eigenvalue weighted by atomic mass is 10.0. The molecule has 26 heteroatoms. The van der Waals surface area contributed by atoms with Gasteiger partial charge in [-0.2, -0.15) is 26.3 Å². The molecule has 0 atom stereocenters. The third-order valence-electron chi connectivity index (χ3n) is 10.8. The van der Waals surface area contributed by atoms with Crippen LogP contribution < -0.4 is 0 Å². The molecule has 0 aromatic heterocycles. The fourth-order valence-electron chi connectivity index (χ4n) is 6.43. The van der Waals surface area contributed by atoms with Crippen molar-refractivity contribution in [3.05, 3.63) is 261 Å². The molecular weight excluding hydrogens is 1970 g/mol. The molecule has 468 valence electrons. The zero-order chi connectivity index (χ0) is 66.8. The van der Waals surface area contributed by atoms with Crippen LogP contribution >= 0.6 is 233 Å². The summed E-state index contributed by atoms with van der Waals surface area (Å²) in [5.74, 6) is -2.31. The standard InChI is InChI=1S/C9H5BrF6.C9H11Br.C7H5Br3.C7H5Br2Cl.C7H5BrCl2.2C7H5BrClF.C7H5BrF2/c1-4-2-5(10)3-6(8(11,12)13)7(4)9(14,15)16;1-6-4-9(10)5-7(2)8(6)3;1-4-2-5(8)3-6(9)7(4)10;1-4-2-5(8)3-6(10)7(4)9;1-4-2-5(8)3-6(9)7(4)10;1-4-2-5(8)3-6(10)7(4)9;2*1-4-2-5(8)3-6(9)7(4)10/h2-3H,1H3;4-5H,1-3H3;6*2-3H,1H3. The van der Waals surface area contributed by atoms with Gasteiger partial charge in [0.2, 0.25) is 0 Å². The van der Waals surface area contributed by atoms with E-state index in [4.69, 9.17) is 58.0 Å². The first-order valence-electron chi connectivity index (χ1n) is 23.7. The molecule has 0 heterocycles. The summed E-state index contributed by atoms with van der Waals surface area (Å²) in [7, 11) is 0. The SMILES string of the molecule is Cc1cc(Br)cc(Br)c1Br.Cc1cc(Br)cc(C(F)(F)F)c1C(F)(F)F.Cc1cc(Br)cc(C)c1C.Cc1cc(Br)cc(Cl)c1Br.Cc1cc(Br)cc(Cl)c1Cl.Cc1cc(Br)cc(Cl)c1F.Cc1cc(Br)cc(F)c1Cl.Cc1cc(Br)cc(F)c1F. The van der Waals surface area contributed by atoms with Crippen molar-refractivity contribution in [2.24, 2.45) is 0 Å². The molecule has 8 aromatic rings. The molecule has 0 aliphatic heterocycles. The van der Waals surface area contributed by atoms with Crippen LogP contribution in [0.5, 0.6) is 0 Å². The minimum atomic E-state index is -5.03. The molecule has 0 fully saturated rings. The van der Waals surface area contributed by atoms with Crippen LogP contribution in [-0.4, -0.2) is 0 Å². The Morgan fingerprint density at radius 3 is 1.01 bits per heavy atom. The molecular formula is C60H46Br11Cl5F10. The van der Waals surface area contributed by atoms with Gasteiger partial charge >= 0.3 is 12.4 Å². The van der Waals surface area contributed by atoms with E-state index >= 15 is 0 Å². The summed E-state index contributed by atoms with van der Waals surface area (Å²) in [5, 5.41) is 2.32. The molecule has 0 bridgehead atoms. The predicted octanol–water partition coefficient (Wildman–Crippen LogP) is 30.8.